The second-order valence-corrected chi connectivity index (χ2v) is 11.0. The molecule has 0 radical (unpaired) electrons. The number of rotatable bonds is 12. The molecule has 0 saturated heterocycles. The number of hydrogen-bond donors (Lipinski definition) is 2. The third kappa shape index (κ3) is 8.85. The number of amides is 2. The van der Waals surface area contributed by atoms with E-state index in [-0.39, 0.29) is 17.3 Å². The van der Waals surface area contributed by atoms with Gasteiger partial charge in [-0.05, 0) is 66.1 Å². The highest BCUT2D eigenvalue weighted by atomic mass is 32.2. The summed E-state index contributed by atoms with van der Waals surface area (Å²) in [5.41, 5.74) is 4.51. The van der Waals surface area contributed by atoms with Crippen molar-refractivity contribution in [1.29, 1.82) is 0 Å². The summed E-state index contributed by atoms with van der Waals surface area (Å²) in [6, 6.07) is 31.7. The number of hydrazone groups is 1. The third-order valence-electron chi connectivity index (χ3n) is 5.86. The fourth-order valence-corrected chi connectivity index (χ4v) is 5.30. The molecule has 10 heteroatoms. The van der Waals surface area contributed by atoms with E-state index in [0.717, 1.165) is 9.87 Å². The van der Waals surface area contributed by atoms with Gasteiger partial charge in [0.2, 0.25) is 15.9 Å². The Morgan fingerprint density at radius 1 is 0.854 bits per heavy atom. The van der Waals surface area contributed by atoms with Gasteiger partial charge in [0.1, 0.15) is 11.5 Å². The van der Waals surface area contributed by atoms with Crippen molar-refractivity contribution >= 4 is 33.7 Å². The first kappa shape index (κ1) is 29.2. The van der Waals surface area contributed by atoms with E-state index in [1.807, 2.05) is 60.7 Å². The van der Waals surface area contributed by atoms with Crippen LogP contribution in [0.4, 0.5) is 5.69 Å². The highest BCUT2D eigenvalue weighted by molar-refractivity contribution is 7.89. The van der Waals surface area contributed by atoms with Crippen LogP contribution in [0.3, 0.4) is 0 Å². The molecular formula is C31H30N4O5S. The van der Waals surface area contributed by atoms with Gasteiger partial charge in [0, 0.05) is 19.2 Å². The van der Waals surface area contributed by atoms with E-state index < -0.39 is 22.5 Å². The van der Waals surface area contributed by atoms with E-state index in [4.69, 9.17) is 4.74 Å². The number of carbonyl (C=O) groups excluding carboxylic acids is 2. The summed E-state index contributed by atoms with van der Waals surface area (Å²) in [6.45, 7) is 1.01. The summed E-state index contributed by atoms with van der Waals surface area (Å²) < 4.78 is 34.0. The number of hydrogen-bond acceptors (Lipinski definition) is 6. The lowest BCUT2D eigenvalue weighted by Gasteiger charge is -2.21. The van der Waals surface area contributed by atoms with Crippen LogP contribution in [0.1, 0.15) is 18.1 Å². The van der Waals surface area contributed by atoms with Crippen LogP contribution in [0.25, 0.3) is 0 Å². The van der Waals surface area contributed by atoms with Gasteiger partial charge in [-0.1, -0.05) is 60.7 Å². The van der Waals surface area contributed by atoms with Gasteiger partial charge in [0.25, 0.3) is 5.91 Å². The largest absolute Gasteiger partial charge is 0.457 e. The predicted molar refractivity (Wildman–Crippen MR) is 158 cm³/mol. The van der Waals surface area contributed by atoms with Gasteiger partial charge >= 0.3 is 0 Å². The van der Waals surface area contributed by atoms with Crippen LogP contribution >= 0.6 is 0 Å². The van der Waals surface area contributed by atoms with Crippen molar-refractivity contribution in [3.63, 3.8) is 0 Å². The average molecular weight is 571 g/mol. The van der Waals surface area contributed by atoms with Crippen molar-refractivity contribution in [2.24, 2.45) is 5.10 Å². The Morgan fingerprint density at radius 2 is 1.51 bits per heavy atom. The molecule has 210 valence electrons. The highest BCUT2D eigenvalue weighted by Crippen LogP contribution is 2.22. The molecule has 9 nitrogen and oxygen atoms in total. The average Bonchev–Trinajstić information content (AvgIpc) is 2.96. The Hall–Kier alpha value is -4.80. The van der Waals surface area contributed by atoms with Crippen molar-refractivity contribution in [3.05, 3.63) is 120 Å². The van der Waals surface area contributed by atoms with Crippen molar-refractivity contribution in [1.82, 2.24) is 9.73 Å². The minimum atomic E-state index is -4.03. The van der Waals surface area contributed by atoms with Crippen LogP contribution in [-0.4, -0.2) is 43.8 Å². The number of sulfonamides is 1. The maximum absolute atomic E-state index is 13.5. The molecule has 2 amide bonds. The van der Waals surface area contributed by atoms with Crippen LogP contribution in [0.15, 0.2) is 119 Å². The molecule has 4 aromatic carbocycles. The number of anilines is 1. The quantitative estimate of drug-likeness (QED) is 0.187. The van der Waals surface area contributed by atoms with E-state index in [2.05, 4.69) is 15.8 Å². The molecule has 0 aliphatic rings. The fraction of sp³-hybridized carbons (Fsp3) is 0.129. The summed E-state index contributed by atoms with van der Waals surface area (Å²) in [6.07, 6.45) is 1.87. The first-order chi connectivity index (χ1) is 19.8. The number of benzene rings is 4. The van der Waals surface area contributed by atoms with Crippen molar-refractivity contribution < 1.29 is 22.7 Å². The molecule has 4 aromatic rings. The number of carbonyl (C=O) groups is 2. The van der Waals surface area contributed by atoms with Gasteiger partial charge in [-0.25, -0.2) is 13.8 Å². The first-order valence-electron chi connectivity index (χ1n) is 12.9. The zero-order chi connectivity index (χ0) is 29.1. The lowest BCUT2D eigenvalue weighted by Crippen LogP contribution is -2.40. The van der Waals surface area contributed by atoms with Crippen LogP contribution in [-0.2, 0) is 26.0 Å². The molecule has 0 aliphatic carbocycles. The molecule has 0 heterocycles. The van der Waals surface area contributed by atoms with Crippen LogP contribution in [0.2, 0.25) is 0 Å². The van der Waals surface area contributed by atoms with Gasteiger partial charge in [0.05, 0.1) is 17.7 Å². The maximum Gasteiger partial charge on any atom is 0.255 e. The fourth-order valence-electron chi connectivity index (χ4n) is 3.90. The Balaban J connectivity index is 1.44. The van der Waals surface area contributed by atoms with Crippen LogP contribution in [0.5, 0.6) is 11.5 Å². The monoisotopic (exact) mass is 570 g/mol. The Kier molecular flexibility index (Phi) is 9.98. The summed E-state index contributed by atoms with van der Waals surface area (Å²) >= 11 is 0. The smallest absolute Gasteiger partial charge is 0.255 e. The topological polar surface area (TPSA) is 117 Å². The lowest BCUT2D eigenvalue weighted by molar-refractivity contribution is -0.121. The zero-order valence-electron chi connectivity index (χ0n) is 22.4. The SMILES string of the molecule is CC(=O)Nc1ccc(S(=O)(=O)N(CCc2ccccc2)CC(=O)N/N=C\c2cccc(Oc3ccccc3)c2)cc1. The van der Waals surface area contributed by atoms with Gasteiger partial charge in [0.15, 0.2) is 0 Å². The number of para-hydroxylation sites is 1. The number of ether oxygens (including phenoxy) is 1. The van der Waals surface area contributed by atoms with Crippen molar-refractivity contribution in [3.8, 4) is 11.5 Å². The molecule has 2 N–H and O–H groups in total. The van der Waals surface area contributed by atoms with E-state index in [1.54, 1.807) is 24.3 Å². The molecular weight excluding hydrogens is 540 g/mol. The predicted octanol–water partition coefficient (Wildman–Crippen LogP) is 4.82. The van der Waals surface area contributed by atoms with E-state index in [0.29, 0.717) is 29.2 Å². The van der Waals surface area contributed by atoms with Crippen molar-refractivity contribution in [2.75, 3.05) is 18.4 Å². The summed E-state index contributed by atoms with van der Waals surface area (Å²) in [7, 11) is -4.03. The van der Waals surface area contributed by atoms with Gasteiger partial charge < -0.3 is 10.1 Å². The Labute approximate surface area is 239 Å². The van der Waals surface area contributed by atoms with Gasteiger partial charge in [-0.3, -0.25) is 9.59 Å². The Morgan fingerprint density at radius 3 is 2.20 bits per heavy atom. The molecule has 4 rings (SSSR count). The summed E-state index contributed by atoms with van der Waals surface area (Å²) in [4.78, 5) is 24.1. The number of nitrogens with one attached hydrogen (secondary N) is 2. The standard InChI is InChI=1S/C31H30N4O5S/c1-24(36)33-27-15-17-30(18-16-27)41(38,39)35(20-19-25-9-4-2-5-10-25)23-31(37)34-32-22-26-11-8-14-29(21-26)40-28-12-6-3-7-13-28/h2-18,21-22H,19-20,23H2,1H3,(H,33,36)(H,34,37)/b32-22-. The highest BCUT2D eigenvalue weighted by Gasteiger charge is 2.26. The molecule has 0 aromatic heterocycles. The van der Waals surface area contributed by atoms with Gasteiger partial charge in [-0.2, -0.15) is 9.41 Å². The van der Waals surface area contributed by atoms with Crippen molar-refractivity contribution in [2.45, 2.75) is 18.2 Å². The molecule has 0 aliphatic heterocycles. The molecule has 0 bridgehead atoms. The third-order valence-corrected chi connectivity index (χ3v) is 7.72. The second-order valence-electron chi connectivity index (χ2n) is 9.06. The van der Waals surface area contributed by atoms with E-state index in [1.165, 1.54) is 37.4 Å². The van der Waals surface area contributed by atoms with E-state index >= 15 is 0 Å². The van der Waals surface area contributed by atoms with Gasteiger partial charge in [-0.15, -0.1) is 0 Å². The van der Waals surface area contributed by atoms with Crippen LogP contribution in [0, 0.1) is 0 Å². The maximum atomic E-state index is 13.5. The normalized spacial score (nSPS) is 11.4. The zero-order valence-corrected chi connectivity index (χ0v) is 23.3. The summed E-state index contributed by atoms with van der Waals surface area (Å²) in [5, 5.41) is 6.62. The lowest BCUT2D eigenvalue weighted by atomic mass is 10.1. The Bertz CT molecular complexity index is 1590. The molecule has 0 spiro atoms. The van der Waals surface area contributed by atoms with Crippen LogP contribution < -0.4 is 15.5 Å². The molecule has 41 heavy (non-hydrogen) atoms. The molecule has 0 fully saturated rings. The minimum Gasteiger partial charge on any atom is -0.457 e. The molecule has 0 atom stereocenters. The number of nitrogens with zero attached hydrogens (tertiary/aromatic N) is 2. The molecule has 0 saturated carbocycles. The van der Waals surface area contributed by atoms with E-state index in [9.17, 15) is 18.0 Å². The minimum absolute atomic E-state index is 0.00574. The molecule has 0 unspecified atom stereocenters. The first-order valence-corrected chi connectivity index (χ1v) is 14.3. The second kappa shape index (κ2) is 14.0. The summed E-state index contributed by atoms with van der Waals surface area (Å²) in [5.74, 6) is 0.438.